The van der Waals surface area contributed by atoms with Crippen molar-refractivity contribution >= 4 is 9.84 Å². The molecule has 0 bridgehead atoms. The molecule has 2 rings (SSSR count). The van der Waals surface area contributed by atoms with Gasteiger partial charge in [0.2, 0.25) is 0 Å². The number of hydrogen-bond donors (Lipinski definition) is 0. The van der Waals surface area contributed by atoms with Crippen LogP contribution in [0.25, 0.3) is 0 Å². The van der Waals surface area contributed by atoms with Gasteiger partial charge >= 0.3 is 0 Å². The van der Waals surface area contributed by atoms with Crippen LogP contribution in [-0.2, 0) is 9.84 Å². The fourth-order valence-electron chi connectivity index (χ4n) is 0.968. The molecule has 0 aliphatic heterocycles. The molecule has 2 aliphatic rings. The van der Waals surface area contributed by atoms with Gasteiger partial charge in [-0.15, -0.1) is 0 Å². The predicted octanol–water partition coefficient (Wildman–Crippen LogP) is 0.540. The summed E-state index contributed by atoms with van der Waals surface area (Å²) in [7, 11) is -2.65. The average Bonchev–Trinajstić information content (AvgIpc) is 2.62. The molecule has 51 valence electrons. The highest BCUT2D eigenvalue weighted by Gasteiger charge is 2.46. The Morgan fingerprint density at radius 1 is 1.33 bits per heavy atom. The van der Waals surface area contributed by atoms with Crippen LogP contribution >= 0.6 is 0 Å². The monoisotopic (exact) mass is 145 g/mol. The molecule has 2 fully saturated rings. The highest BCUT2D eigenvalue weighted by Crippen LogP contribution is 2.39. The first-order valence-corrected chi connectivity index (χ1v) is 4.88. The topological polar surface area (TPSA) is 34.1 Å². The van der Waals surface area contributed by atoms with Gasteiger partial charge in [0, 0.05) is 0 Å². The van der Waals surface area contributed by atoms with Crippen LogP contribution in [-0.4, -0.2) is 18.9 Å². The summed E-state index contributed by atoms with van der Waals surface area (Å²) in [6.07, 6.45) is 4.49. The summed E-state index contributed by atoms with van der Waals surface area (Å²) >= 11 is 0. The maximum absolute atomic E-state index is 11.1. The van der Waals surface area contributed by atoms with Gasteiger partial charge in [0.1, 0.15) is 0 Å². The lowest BCUT2D eigenvalue weighted by atomic mass is 10.9. The summed E-state index contributed by atoms with van der Waals surface area (Å²) in [5, 5.41) is -0.00810. The van der Waals surface area contributed by atoms with Gasteiger partial charge in [-0.25, -0.2) is 8.42 Å². The van der Waals surface area contributed by atoms with Crippen LogP contribution in [0.1, 0.15) is 19.3 Å². The van der Waals surface area contributed by atoms with Gasteiger partial charge in [-0.1, -0.05) is 0 Å². The van der Waals surface area contributed by atoms with Gasteiger partial charge in [0.15, 0.2) is 9.84 Å². The van der Waals surface area contributed by atoms with Gasteiger partial charge in [-0.3, -0.25) is 0 Å². The van der Waals surface area contributed by atoms with Crippen LogP contribution in [0.3, 0.4) is 0 Å². The Kier molecular flexibility index (Phi) is 0.958. The van der Waals surface area contributed by atoms with Crippen molar-refractivity contribution < 1.29 is 8.42 Å². The van der Waals surface area contributed by atoms with Crippen molar-refractivity contribution in [2.45, 2.75) is 29.8 Å². The van der Waals surface area contributed by atoms with E-state index in [0.717, 1.165) is 19.3 Å². The number of hydrogen-bond acceptors (Lipinski definition) is 2. The lowest BCUT2D eigenvalue weighted by Gasteiger charge is -1.94. The van der Waals surface area contributed by atoms with Crippen molar-refractivity contribution in [3.05, 3.63) is 6.42 Å². The fourth-order valence-corrected chi connectivity index (χ4v) is 2.90. The van der Waals surface area contributed by atoms with Crippen LogP contribution in [0.2, 0.25) is 0 Å². The first kappa shape index (κ1) is 5.71. The maximum Gasteiger partial charge on any atom is 0.156 e. The number of rotatable bonds is 2. The molecule has 2 nitrogen and oxygen atoms in total. The average molecular weight is 145 g/mol. The van der Waals surface area contributed by atoms with Crippen molar-refractivity contribution in [3.8, 4) is 0 Å². The summed E-state index contributed by atoms with van der Waals surface area (Å²) in [4.78, 5) is 0. The summed E-state index contributed by atoms with van der Waals surface area (Å²) < 4.78 is 22.2. The van der Waals surface area contributed by atoms with Gasteiger partial charge in [-0.2, -0.15) is 0 Å². The van der Waals surface area contributed by atoms with Crippen LogP contribution < -0.4 is 0 Å². The zero-order valence-corrected chi connectivity index (χ0v) is 5.89. The van der Waals surface area contributed by atoms with E-state index >= 15 is 0 Å². The fraction of sp³-hybridized carbons (Fsp3) is 0.833. The van der Waals surface area contributed by atoms with E-state index in [-0.39, 0.29) is 10.5 Å². The minimum atomic E-state index is -2.65. The molecular weight excluding hydrogens is 136 g/mol. The SMILES string of the molecule is O=S(=O)(C1[CH]C1)C1CC1. The second-order valence-electron chi connectivity index (χ2n) is 2.80. The Morgan fingerprint density at radius 3 is 2.22 bits per heavy atom. The molecule has 0 aromatic rings. The van der Waals surface area contributed by atoms with E-state index < -0.39 is 9.84 Å². The van der Waals surface area contributed by atoms with Gasteiger partial charge in [0.25, 0.3) is 0 Å². The largest absolute Gasteiger partial charge is 0.228 e. The van der Waals surface area contributed by atoms with Crippen molar-refractivity contribution in [1.82, 2.24) is 0 Å². The Hall–Kier alpha value is -0.0500. The van der Waals surface area contributed by atoms with Crippen LogP contribution in [0, 0.1) is 6.42 Å². The third kappa shape index (κ3) is 0.874. The zero-order valence-electron chi connectivity index (χ0n) is 5.08. The summed E-state index contributed by atoms with van der Waals surface area (Å²) in [6.45, 7) is 0. The van der Waals surface area contributed by atoms with Gasteiger partial charge in [0.05, 0.1) is 10.5 Å². The maximum atomic E-state index is 11.1. The van der Waals surface area contributed by atoms with Crippen molar-refractivity contribution in [3.63, 3.8) is 0 Å². The Morgan fingerprint density at radius 2 is 1.89 bits per heavy atom. The van der Waals surface area contributed by atoms with Gasteiger partial charge in [-0.05, 0) is 25.7 Å². The predicted molar refractivity (Wildman–Crippen MR) is 34.6 cm³/mol. The molecule has 0 aromatic carbocycles. The summed E-state index contributed by atoms with van der Waals surface area (Å²) in [5.41, 5.74) is 0. The quantitative estimate of drug-likeness (QED) is 0.568. The minimum Gasteiger partial charge on any atom is -0.228 e. The second-order valence-corrected chi connectivity index (χ2v) is 5.25. The molecule has 1 radical (unpaired) electrons. The lowest BCUT2D eigenvalue weighted by Crippen LogP contribution is -2.11. The molecule has 2 saturated carbocycles. The van der Waals surface area contributed by atoms with Gasteiger partial charge < -0.3 is 0 Å². The molecule has 2 aliphatic carbocycles. The highest BCUT2D eigenvalue weighted by molar-refractivity contribution is 7.93. The molecule has 9 heavy (non-hydrogen) atoms. The van der Waals surface area contributed by atoms with Crippen molar-refractivity contribution in [1.29, 1.82) is 0 Å². The molecule has 0 saturated heterocycles. The Labute approximate surface area is 55.2 Å². The lowest BCUT2D eigenvalue weighted by molar-refractivity contribution is 0.594. The van der Waals surface area contributed by atoms with E-state index in [0.29, 0.717) is 0 Å². The van der Waals surface area contributed by atoms with Crippen LogP contribution in [0.15, 0.2) is 0 Å². The molecule has 0 amide bonds. The first-order valence-electron chi connectivity index (χ1n) is 3.27. The van der Waals surface area contributed by atoms with E-state index in [4.69, 9.17) is 0 Å². The van der Waals surface area contributed by atoms with Crippen LogP contribution in [0.5, 0.6) is 0 Å². The van der Waals surface area contributed by atoms with Crippen molar-refractivity contribution in [2.24, 2.45) is 0 Å². The molecule has 0 heterocycles. The third-order valence-corrected chi connectivity index (χ3v) is 4.47. The Bertz CT molecular complexity index is 191. The van der Waals surface area contributed by atoms with E-state index in [2.05, 4.69) is 0 Å². The van der Waals surface area contributed by atoms with E-state index in [9.17, 15) is 8.42 Å². The summed E-state index contributed by atoms with van der Waals surface area (Å²) in [5.74, 6) is 0. The second kappa shape index (κ2) is 1.51. The van der Waals surface area contributed by atoms with Crippen LogP contribution in [0.4, 0.5) is 0 Å². The van der Waals surface area contributed by atoms with E-state index in [1.807, 2.05) is 6.42 Å². The molecule has 1 atom stereocenters. The smallest absolute Gasteiger partial charge is 0.156 e. The zero-order chi connectivity index (χ0) is 6.48. The number of sulfone groups is 1. The highest BCUT2D eigenvalue weighted by atomic mass is 32.2. The van der Waals surface area contributed by atoms with E-state index in [1.165, 1.54) is 0 Å². The molecule has 0 N–H and O–H groups in total. The van der Waals surface area contributed by atoms with E-state index in [1.54, 1.807) is 0 Å². The standard InChI is InChI=1S/C6H9O2S/c7-9(8,5-1-2-5)6-3-4-6/h1,5-6H,2-4H2. The molecule has 0 spiro atoms. The minimum absolute atomic E-state index is 0.0428. The molecule has 1 unspecified atom stereocenters. The molecule has 0 aromatic heterocycles. The third-order valence-electron chi connectivity index (χ3n) is 1.84. The first-order chi connectivity index (χ1) is 4.21. The normalized spacial score (nSPS) is 28.4. The van der Waals surface area contributed by atoms with Crippen molar-refractivity contribution in [2.75, 3.05) is 0 Å². The molecular formula is C6H9O2S. The summed E-state index contributed by atoms with van der Waals surface area (Å²) in [6, 6.07) is 0. The Balaban J connectivity index is 2.20. The molecule has 3 heteroatoms.